The Morgan fingerprint density at radius 3 is 2.67 bits per heavy atom. The van der Waals surface area contributed by atoms with Gasteiger partial charge >= 0.3 is 0 Å². The second kappa shape index (κ2) is 10.1. The molecule has 0 saturated heterocycles. The van der Waals surface area contributed by atoms with E-state index in [2.05, 4.69) is 29.0 Å². The maximum Gasteiger partial charge on any atom is 0.273 e. The number of fused-ring (bicyclic) bond motifs is 3. The lowest BCUT2D eigenvalue weighted by molar-refractivity contribution is -0.124. The van der Waals surface area contributed by atoms with Crippen molar-refractivity contribution in [1.29, 1.82) is 0 Å². The zero-order chi connectivity index (χ0) is 23.5. The molecule has 1 fully saturated rings. The number of aryl methyl sites for hydroxylation is 1. The van der Waals surface area contributed by atoms with Crippen molar-refractivity contribution < 1.29 is 4.79 Å². The maximum atomic E-state index is 13.3. The van der Waals surface area contributed by atoms with Crippen LogP contribution in [0.3, 0.4) is 0 Å². The molecular formula is C26H37N5O2. The third kappa shape index (κ3) is 4.69. The molecule has 1 aliphatic carbocycles. The first kappa shape index (κ1) is 23.5. The molecule has 2 aromatic heterocycles. The van der Waals surface area contributed by atoms with Crippen LogP contribution in [-0.4, -0.2) is 50.2 Å². The summed E-state index contributed by atoms with van der Waals surface area (Å²) >= 11 is 0. The summed E-state index contributed by atoms with van der Waals surface area (Å²) in [7, 11) is 0. The molecule has 2 heterocycles. The molecule has 1 aliphatic rings. The van der Waals surface area contributed by atoms with Gasteiger partial charge in [0.15, 0.2) is 5.65 Å². The number of aromatic nitrogens is 3. The molecule has 4 rings (SSSR count). The van der Waals surface area contributed by atoms with Gasteiger partial charge in [-0.25, -0.2) is 4.52 Å². The second-order valence-electron chi connectivity index (χ2n) is 9.49. The van der Waals surface area contributed by atoms with E-state index in [-0.39, 0.29) is 11.5 Å². The highest BCUT2D eigenvalue weighted by Gasteiger charge is 2.26. The normalized spacial score (nSPS) is 17.0. The molecule has 2 atom stereocenters. The Morgan fingerprint density at radius 2 is 1.94 bits per heavy atom. The molecule has 0 radical (unpaired) electrons. The number of hydrogen-bond donors (Lipinski definition) is 1. The van der Waals surface area contributed by atoms with Gasteiger partial charge in [-0.2, -0.15) is 4.98 Å². The van der Waals surface area contributed by atoms with Gasteiger partial charge in [0.2, 0.25) is 5.91 Å². The van der Waals surface area contributed by atoms with Crippen molar-refractivity contribution in [3.63, 3.8) is 0 Å². The zero-order valence-corrected chi connectivity index (χ0v) is 20.4. The zero-order valence-electron chi connectivity index (χ0n) is 20.4. The number of nitrogens with one attached hydrogen (secondary N) is 1. The van der Waals surface area contributed by atoms with Gasteiger partial charge in [0.1, 0.15) is 6.04 Å². The van der Waals surface area contributed by atoms with Crippen LogP contribution in [0.15, 0.2) is 35.1 Å². The highest BCUT2D eigenvalue weighted by molar-refractivity contribution is 5.94. The van der Waals surface area contributed by atoms with E-state index in [0.29, 0.717) is 24.3 Å². The fourth-order valence-electron chi connectivity index (χ4n) is 5.37. The number of nitrogens with zero attached hydrogens (tertiary/aromatic N) is 4. The quantitative estimate of drug-likeness (QED) is 0.560. The Hall–Kier alpha value is -2.67. The lowest BCUT2D eigenvalue weighted by Crippen LogP contribution is -2.47. The highest BCUT2D eigenvalue weighted by atomic mass is 16.2. The molecule has 1 amide bonds. The largest absolute Gasteiger partial charge is 0.353 e. The first-order valence-corrected chi connectivity index (χ1v) is 12.5. The third-order valence-corrected chi connectivity index (χ3v) is 7.31. The molecule has 7 nitrogen and oxygen atoms in total. The summed E-state index contributed by atoms with van der Waals surface area (Å²) in [6, 6.07) is 10.0. The van der Waals surface area contributed by atoms with E-state index in [1.165, 1.54) is 38.2 Å². The summed E-state index contributed by atoms with van der Waals surface area (Å²) in [6.45, 7) is 9.83. The highest BCUT2D eigenvalue weighted by Crippen LogP contribution is 2.26. The predicted molar refractivity (Wildman–Crippen MR) is 133 cm³/mol. The van der Waals surface area contributed by atoms with Crippen LogP contribution in [0.5, 0.6) is 0 Å². The summed E-state index contributed by atoms with van der Waals surface area (Å²) in [6.07, 6.45) is 7.61. The van der Waals surface area contributed by atoms with Crippen LogP contribution < -0.4 is 10.9 Å². The van der Waals surface area contributed by atoms with E-state index in [1.807, 2.05) is 47.3 Å². The number of rotatable bonds is 8. The van der Waals surface area contributed by atoms with Crippen LogP contribution in [0.2, 0.25) is 0 Å². The van der Waals surface area contributed by atoms with Gasteiger partial charge in [0, 0.05) is 42.3 Å². The van der Waals surface area contributed by atoms with Crippen molar-refractivity contribution in [2.45, 2.75) is 84.3 Å². The molecule has 0 unspecified atom stereocenters. The lowest BCUT2D eigenvalue weighted by Gasteiger charge is -2.38. The number of benzene rings is 1. The fourth-order valence-corrected chi connectivity index (χ4v) is 5.37. The molecule has 0 bridgehead atoms. The van der Waals surface area contributed by atoms with Crippen LogP contribution in [0.4, 0.5) is 0 Å². The molecule has 0 aliphatic heterocycles. The van der Waals surface area contributed by atoms with Crippen LogP contribution in [0, 0.1) is 6.92 Å². The van der Waals surface area contributed by atoms with E-state index in [9.17, 15) is 9.59 Å². The van der Waals surface area contributed by atoms with Gasteiger partial charge in [0.25, 0.3) is 5.56 Å². The predicted octanol–water partition coefficient (Wildman–Crippen LogP) is 4.07. The van der Waals surface area contributed by atoms with Gasteiger partial charge in [0.05, 0.1) is 5.52 Å². The molecule has 178 valence electrons. The fraction of sp³-hybridized carbons (Fsp3) is 0.577. The molecule has 1 aromatic carbocycles. The Balaban J connectivity index is 1.54. The lowest BCUT2D eigenvalue weighted by atomic mass is 9.93. The first-order valence-electron chi connectivity index (χ1n) is 12.5. The van der Waals surface area contributed by atoms with Crippen LogP contribution in [0.1, 0.15) is 71.0 Å². The van der Waals surface area contributed by atoms with Crippen LogP contribution in [0.25, 0.3) is 16.6 Å². The van der Waals surface area contributed by atoms with Crippen molar-refractivity contribution in [3.8, 4) is 0 Å². The first-order chi connectivity index (χ1) is 15.9. The molecule has 3 aromatic rings. The molecule has 33 heavy (non-hydrogen) atoms. The number of hydrogen-bond acceptors (Lipinski definition) is 4. The van der Waals surface area contributed by atoms with Crippen molar-refractivity contribution in [1.82, 2.24) is 24.4 Å². The van der Waals surface area contributed by atoms with Gasteiger partial charge < -0.3 is 5.32 Å². The molecular weight excluding hydrogens is 414 g/mol. The molecule has 1 N–H and O–H groups in total. The number of para-hydroxylation sites is 1. The summed E-state index contributed by atoms with van der Waals surface area (Å²) < 4.78 is 3.85. The topological polar surface area (TPSA) is 71.6 Å². The van der Waals surface area contributed by atoms with E-state index in [4.69, 9.17) is 0 Å². The van der Waals surface area contributed by atoms with Crippen molar-refractivity contribution in [2.24, 2.45) is 0 Å². The minimum atomic E-state index is -0.442. The summed E-state index contributed by atoms with van der Waals surface area (Å²) in [5.41, 5.74) is 1.99. The SMILES string of the molecule is CC[C@@H](C)N(CCNC(=O)[C@H](C)n1c2ccccc2c2nc(=O)cc(C)n21)C1CCCCC1. The van der Waals surface area contributed by atoms with Crippen molar-refractivity contribution >= 4 is 22.5 Å². The monoisotopic (exact) mass is 451 g/mol. The maximum absolute atomic E-state index is 13.3. The molecule has 0 spiro atoms. The van der Waals surface area contributed by atoms with Crippen molar-refractivity contribution in [2.75, 3.05) is 13.1 Å². The number of carbonyl (C=O) groups excluding carboxylic acids is 1. The van der Waals surface area contributed by atoms with Crippen LogP contribution >= 0.6 is 0 Å². The van der Waals surface area contributed by atoms with Gasteiger partial charge in [-0.15, -0.1) is 0 Å². The minimum Gasteiger partial charge on any atom is -0.353 e. The Bertz CT molecular complexity index is 1170. The minimum absolute atomic E-state index is 0.0245. The van der Waals surface area contributed by atoms with Crippen molar-refractivity contribution in [3.05, 3.63) is 46.4 Å². The number of carbonyl (C=O) groups is 1. The Kier molecular flexibility index (Phi) is 7.17. The summed E-state index contributed by atoms with van der Waals surface area (Å²) in [5, 5.41) is 4.06. The standard InChI is InChI=1S/C26H37N5O2/c1-5-18(2)29(21-11-7-6-8-12-21)16-15-27-26(33)20(4)31-23-14-10-9-13-22(23)25-28-24(32)17-19(3)30(25)31/h9-10,13-14,17-18,20-21H,5-8,11-12,15-16H2,1-4H3,(H,27,33)/t18-,20+/m1/s1. The second-order valence-corrected chi connectivity index (χ2v) is 9.49. The van der Waals surface area contributed by atoms with E-state index < -0.39 is 6.04 Å². The van der Waals surface area contributed by atoms with Gasteiger partial charge in [-0.05, 0) is 52.2 Å². The smallest absolute Gasteiger partial charge is 0.273 e. The molecule has 7 heteroatoms. The van der Waals surface area contributed by atoms with Crippen LogP contribution in [-0.2, 0) is 4.79 Å². The Labute approximate surface area is 195 Å². The summed E-state index contributed by atoms with van der Waals surface area (Å²) in [5.74, 6) is -0.0245. The van der Waals surface area contributed by atoms with E-state index in [0.717, 1.165) is 29.6 Å². The number of amides is 1. The van der Waals surface area contributed by atoms with Gasteiger partial charge in [-0.1, -0.05) is 38.3 Å². The van der Waals surface area contributed by atoms with E-state index in [1.54, 1.807) is 0 Å². The van der Waals surface area contributed by atoms with E-state index >= 15 is 0 Å². The average Bonchev–Trinajstić information content (AvgIpc) is 3.16. The van der Waals surface area contributed by atoms with Gasteiger partial charge in [-0.3, -0.25) is 19.2 Å². The Morgan fingerprint density at radius 1 is 1.21 bits per heavy atom. The summed E-state index contributed by atoms with van der Waals surface area (Å²) in [4.78, 5) is 32.2. The third-order valence-electron chi connectivity index (χ3n) is 7.31. The molecule has 1 saturated carbocycles. The average molecular weight is 452 g/mol.